The van der Waals surface area contributed by atoms with Gasteiger partial charge < -0.3 is 10.2 Å². The van der Waals surface area contributed by atoms with Crippen molar-refractivity contribution < 1.29 is 14.0 Å². The van der Waals surface area contributed by atoms with Gasteiger partial charge in [-0.15, -0.1) is 0 Å². The lowest BCUT2D eigenvalue weighted by Crippen LogP contribution is -2.52. The van der Waals surface area contributed by atoms with Crippen molar-refractivity contribution in [2.45, 2.75) is 13.0 Å². The Hall–Kier alpha value is -2.69. The van der Waals surface area contributed by atoms with Gasteiger partial charge in [0.15, 0.2) is 0 Å². The Bertz CT molecular complexity index is 760. The molecule has 1 atom stereocenters. The molecule has 1 saturated heterocycles. The van der Waals surface area contributed by atoms with Crippen LogP contribution in [-0.4, -0.2) is 29.8 Å². The number of hydrogen-bond acceptors (Lipinski definition) is 2. The van der Waals surface area contributed by atoms with E-state index in [1.165, 1.54) is 23.1 Å². The zero-order valence-electron chi connectivity index (χ0n) is 12.8. The van der Waals surface area contributed by atoms with Crippen LogP contribution >= 0.6 is 0 Å². The van der Waals surface area contributed by atoms with E-state index in [1.54, 1.807) is 6.07 Å². The van der Waals surface area contributed by atoms with Crippen LogP contribution in [0.2, 0.25) is 0 Å². The number of piperazine rings is 1. The number of carbonyl (C=O) groups excluding carboxylic acids is 2. The lowest BCUT2D eigenvalue weighted by molar-refractivity contribution is -0.128. The van der Waals surface area contributed by atoms with Crippen LogP contribution in [0.15, 0.2) is 48.5 Å². The number of aryl methyl sites for hydroxylation is 1. The highest BCUT2D eigenvalue weighted by Gasteiger charge is 2.34. The average Bonchev–Trinajstić information content (AvgIpc) is 2.54. The van der Waals surface area contributed by atoms with E-state index in [4.69, 9.17) is 0 Å². The van der Waals surface area contributed by atoms with Crippen LogP contribution in [0.25, 0.3) is 0 Å². The first-order valence-corrected chi connectivity index (χ1v) is 7.47. The number of carbonyl (C=O) groups is 2. The molecule has 5 heteroatoms. The first-order chi connectivity index (χ1) is 11.1. The Labute approximate surface area is 133 Å². The Balaban J connectivity index is 1.98. The van der Waals surface area contributed by atoms with Gasteiger partial charge in [0.1, 0.15) is 11.9 Å². The van der Waals surface area contributed by atoms with Crippen molar-refractivity contribution in [3.63, 3.8) is 0 Å². The molecule has 0 aromatic heterocycles. The predicted molar refractivity (Wildman–Crippen MR) is 84.4 cm³/mol. The Morgan fingerprint density at radius 3 is 2.74 bits per heavy atom. The molecule has 118 valence electrons. The minimum atomic E-state index is -0.695. The van der Waals surface area contributed by atoms with Crippen LogP contribution in [0.1, 0.15) is 27.5 Å². The van der Waals surface area contributed by atoms with Gasteiger partial charge in [0.25, 0.3) is 5.91 Å². The molecule has 2 amide bonds. The lowest BCUT2D eigenvalue weighted by atomic mass is 9.99. The number of amides is 2. The molecule has 2 aromatic rings. The Kier molecular flexibility index (Phi) is 4.10. The molecule has 0 spiro atoms. The zero-order chi connectivity index (χ0) is 16.4. The normalized spacial score (nSPS) is 17.7. The summed E-state index contributed by atoms with van der Waals surface area (Å²) >= 11 is 0. The average molecular weight is 312 g/mol. The topological polar surface area (TPSA) is 49.4 Å². The van der Waals surface area contributed by atoms with E-state index in [9.17, 15) is 14.0 Å². The zero-order valence-corrected chi connectivity index (χ0v) is 12.8. The molecular formula is C18H17FN2O2. The third-order valence-corrected chi connectivity index (χ3v) is 3.90. The van der Waals surface area contributed by atoms with Crippen LogP contribution in [-0.2, 0) is 4.79 Å². The summed E-state index contributed by atoms with van der Waals surface area (Å²) < 4.78 is 13.4. The van der Waals surface area contributed by atoms with Gasteiger partial charge in [0.05, 0.1) is 0 Å². The molecule has 2 aromatic carbocycles. The van der Waals surface area contributed by atoms with Crippen molar-refractivity contribution >= 4 is 11.8 Å². The van der Waals surface area contributed by atoms with E-state index in [1.807, 2.05) is 31.2 Å². The SMILES string of the molecule is Cc1cccc(C2C(=O)NCCN2C(=O)c2cccc(F)c2)c1. The van der Waals surface area contributed by atoms with E-state index in [0.29, 0.717) is 13.1 Å². The Morgan fingerprint density at radius 2 is 2.00 bits per heavy atom. The fourth-order valence-electron chi connectivity index (χ4n) is 2.84. The molecule has 23 heavy (non-hydrogen) atoms. The second-order valence-electron chi connectivity index (χ2n) is 5.62. The molecule has 4 nitrogen and oxygen atoms in total. The molecule has 1 N–H and O–H groups in total. The van der Waals surface area contributed by atoms with Crippen molar-refractivity contribution in [3.8, 4) is 0 Å². The van der Waals surface area contributed by atoms with Gasteiger partial charge in [-0.2, -0.15) is 0 Å². The molecule has 0 saturated carbocycles. The van der Waals surface area contributed by atoms with Gasteiger partial charge in [-0.3, -0.25) is 9.59 Å². The molecule has 0 radical (unpaired) electrons. The van der Waals surface area contributed by atoms with Gasteiger partial charge in [-0.1, -0.05) is 35.9 Å². The van der Waals surface area contributed by atoms with Crippen molar-refractivity contribution in [1.29, 1.82) is 0 Å². The van der Waals surface area contributed by atoms with Gasteiger partial charge in [0, 0.05) is 18.7 Å². The summed E-state index contributed by atoms with van der Waals surface area (Å²) in [6.45, 7) is 2.71. The summed E-state index contributed by atoms with van der Waals surface area (Å²) in [4.78, 5) is 26.6. The van der Waals surface area contributed by atoms with Crippen molar-refractivity contribution in [2.24, 2.45) is 0 Å². The monoisotopic (exact) mass is 312 g/mol. The molecular weight excluding hydrogens is 295 g/mol. The van der Waals surface area contributed by atoms with Crippen LogP contribution in [0.3, 0.4) is 0 Å². The number of nitrogens with one attached hydrogen (secondary N) is 1. The molecule has 1 unspecified atom stereocenters. The van der Waals surface area contributed by atoms with Crippen molar-refractivity contribution in [1.82, 2.24) is 10.2 Å². The minimum absolute atomic E-state index is 0.216. The number of halogens is 1. The maximum atomic E-state index is 13.4. The van der Waals surface area contributed by atoms with E-state index >= 15 is 0 Å². The highest BCUT2D eigenvalue weighted by Crippen LogP contribution is 2.26. The van der Waals surface area contributed by atoms with Gasteiger partial charge >= 0.3 is 0 Å². The van der Waals surface area contributed by atoms with Crippen molar-refractivity contribution in [2.75, 3.05) is 13.1 Å². The molecule has 3 rings (SSSR count). The maximum absolute atomic E-state index is 13.4. The number of rotatable bonds is 2. The van der Waals surface area contributed by atoms with E-state index in [0.717, 1.165) is 11.1 Å². The predicted octanol–water partition coefficient (Wildman–Crippen LogP) is 2.45. The third-order valence-electron chi connectivity index (χ3n) is 3.90. The van der Waals surface area contributed by atoms with E-state index in [-0.39, 0.29) is 17.4 Å². The summed E-state index contributed by atoms with van der Waals surface area (Å²) in [5, 5.41) is 2.79. The number of nitrogens with zero attached hydrogens (tertiary/aromatic N) is 1. The minimum Gasteiger partial charge on any atom is -0.352 e. The molecule has 1 aliphatic rings. The van der Waals surface area contributed by atoms with Gasteiger partial charge in [-0.05, 0) is 30.7 Å². The molecule has 0 aliphatic carbocycles. The van der Waals surface area contributed by atoms with Crippen LogP contribution in [0, 0.1) is 12.7 Å². The Morgan fingerprint density at radius 1 is 1.22 bits per heavy atom. The van der Waals surface area contributed by atoms with Crippen LogP contribution in [0.4, 0.5) is 4.39 Å². The quantitative estimate of drug-likeness (QED) is 0.926. The maximum Gasteiger partial charge on any atom is 0.254 e. The fourth-order valence-corrected chi connectivity index (χ4v) is 2.84. The van der Waals surface area contributed by atoms with Crippen LogP contribution < -0.4 is 5.32 Å². The van der Waals surface area contributed by atoms with E-state index in [2.05, 4.69) is 5.32 Å². The summed E-state index contributed by atoms with van der Waals surface area (Å²) in [7, 11) is 0. The second-order valence-corrected chi connectivity index (χ2v) is 5.62. The summed E-state index contributed by atoms with van der Waals surface area (Å²) in [5.41, 5.74) is 2.02. The first kappa shape index (κ1) is 15.2. The largest absolute Gasteiger partial charge is 0.352 e. The molecule has 1 aliphatic heterocycles. The molecule has 0 bridgehead atoms. The molecule has 1 heterocycles. The highest BCUT2D eigenvalue weighted by atomic mass is 19.1. The lowest BCUT2D eigenvalue weighted by Gasteiger charge is -2.35. The van der Waals surface area contributed by atoms with Gasteiger partial charge in [-0.25, -0.2) is 4.39 Å². The van der Waals surface area contributed by atoms with Crippen LogP contribution in [0.5, 0.6) is 0 Å². The first-order valence-electron chi connectivity index (χ1n) is 7.47. The molecule has 1 fully saturated rings. The van der Waals surface area contributed by atoms with Crippen molar-refractivity contribution in [3.05, 3.63) is 71.0 Å². The summed E-state index contributed by atoms with van der Waals surface area (Å²) in [5.74, 6) is -1.03. The summed E-state index contributed by atoms with van der Waals surface area (Å²) in [6.07, 6.45) is 0. The third kappa shape index (κ3) is 3.08. The standard InChI is InChI=1S/C18H17FN2O2/c1-12-4-2-5-13(10-12)16-17(22)20-8-9-21(16)18(23)14-6-3-7-15(19)11-14/h2-7,10-11,16H,8-9H2,1H3,(H,20,22). The van der Waals surface area contributed by atoms with Gasteiger partial charge in [0.2, 0.25) is 5.91 Å². The number of hydrogen-bond donors (Lipinski definition) is 1. The van der Waals surface area contributed by atoms with E-state index < -0.39 is 11.9 Å². The number of benzene rings is 2. The highest BCUT2D eigenvalue weighted by molar-refractivity contribution is 5.98. The fraction of sp³-hybridized carbons (Fsp3) is 0.222. The summed E-state index contributed by atoms with van der Waals surface area (Å²) in [6, 6.07) is 12.4. The second kappa shape index (κ2) is 6.20. The smallest absolute Gasteiger partial charge is 0.254 e.